The number of ether oxygens (including phenoxy) is 1. The lowest BCUT2D eigenvalue weighted by Crippen LogP contribution is -2.13. The average Bonchev–Trinajstić information content (AvgIpc) is 3.11. The highest BCUT2D eigenvalue weighted by atomic mass is 16.5. The molecule has 0 aliphatic heterocycles. The van der Waals surface area contributed by atoms with Gasteiger partial charge in [0.1, 0.15) is 18.2 Å². The zero-order chi connectivity index (χ0) is 20.1. The van der Waals surface area contributed by atoms with E-state index in [0.29, 0.717) is 19.7 Å². The third-order valence-electron chi connectivity index (χ3n) is 4.64. The van der Waals surface area contributed by atoms with Crippen LogP contribution in [0.2, 0.25) is 0 Å². The number of rotatable bonds is 8. The number of fused-ring (bicyclic) bond motifs is 1. The van der Waals surface area contributed by atoms with E-state index in [1.807, 2.05) is 48.5 Å². The number of hydrogen-bond donors (Lipinski definition) is 2. The average molecular weight is 387 g/mol. The summed E-state index contributed by atoms with van der Waals surface area (Å²) in [6.07, 6.45) is 0. The molecular weight excluding hydrogens is 366 g/mol. The second-order valence-electron chi connectivity index (χ2n) is 6.57. The van der Waals surface area contributed by atoms with Crippen LogP contribution in [0.4, 0.5) is 5.69 Å². The van der Waals surface area contributed by atoms with Gasteiger partial charge < -0.3 is 19.7 Å². The van der Waals surface area contributed by atoms with Gasteiger partial charge in [0, 0.05) is 5.69 Å². The van der Waals surface area contributed by atoms with Crippen molar-refractivity contribution in [1.82, 2.24) is 9.55 Å². The number of aromatic nitrogens is 2. The number of carbonyl (C=O) groups is 1. The number of carboxylic acid groups (broad SMARTS) is 1. The van der Waals surface area contributed by atoms with Crippen molar-refractivity contribution in [3.05, 3.63) is 90.3 Å². The predicted octanol–water partition coefficient (Wildman–Crippen LogP) is 4.43. The van der Waals surface area contributed by atoms with Crippen molar-refractivity contribution in [3.8, 4) is 5.75 Å². The molecule has 0 amide bonds. The Hall–Kier alpha value is -3.80. The molecule has 1 aromatic heterocycles. The number of imidazole rings is 1. The van der Waals surface area contributed by atoms with Gasteiger partial charge in [-0.3, -0.25) is 0 Å². The predicted molar refractivity (Wildman–Crippen MR) is 112 cm³/mol. The zero-order valence-electron chi connectivity index (χ0n) is 15.8. The smallest absolute Gasteiger partial charge is 0.335 e. The molecule has 29 heavy (non-hydrogen) atoms. The molecular formula is C23H21N3O3. The van der Waals surface area contributed by atoms with Gasteiger partial charge in [-0.2, -0.15) is 0 Å². The number of aromatic carboxylic acids is 1. The zero-order valence-corrected chi connectivity index (χ0v) is 15.8. The molecule has 0 bridgehead atoms. The van der Waals surface area contributed by atoms with E-state index in [1.54, 1.807) is 24.3 Å². The van der Waals surface area contributed by atoms with Crippen LogP contribution < -0.4 is 10.1 Å². The van der Waals surface area contributed by atoms with Crippen LogP contribution in [0, 0.1) is 0 Å². The molecule has 0 fully saturated rings. The van der Waals surface area contributed by atoms with Gasteiger partial charge in [0.15, 0.2) is 0 Å². The first kappa shape index (κ1) is 18.6. The molecule has 0 unspecified atom stereocenters. The van der Waals surface area contributed by atoms with Crippen LogP contribution in [0.5, 0.6) is 5.75 Å². The van der Waals surface area contributed by atoms with E-state index >= 15 is 0 Å². The molecule has 0 radical (unpaired) electrons. The molecule has 0 atom stereocenters. The molecule has 6 heteroatoms. The summed E-state index contributed by atoms with van der Waals surface area (Å²) in [5.41, 5.74) is 3.10. The molecule has 6 nitrogen and oxygen atoms in total. The van der Waals surface area contributed by atoms with E-state index in [-0.39, 0.29) is 5.56 Å². The summed E-state index contributed by atoms with van der Waals surface area (Å²) in [6.45, 7) is 1.72. The van der Waals surface area contributed by atoms with Crippen LogP contribution in [0.1, 0.15) is 16.2 Å². The lowest BCUT2D eigenvalue weighted by Gasteiger charge is -2.12. The third kappa shape index (κ3) is 4.38. The number of para-hydroxylation sites is 3. The van der Waals surface area contributed by atoms with E-state index in [1.165, 1.54) is 0 Å². The van der Waals surface area contributed by atoms with Crippen LogP contribution in [-0.2, 0) is 13.1 Å². The fourth-order valence-electron chi connectivity index (χ4n) is 3.19. The molecule has 4 aromatic rings. The van der Waals surface area contributed by atoms with Gasteiger partial charge in [0.05, 0.1) is 29.7 Å². The van der Waals surface area contributed by atoms with Crippen LogP contribution in [0.15, 0.2) is 78.9 Å². The molecule has 2 N–H and O–H groups in total. The molecule has 146 valence electrons. The number of nitrogens with one attached hydrogen (secondary N) is 1. The van der Waals surface area contributed by atoms with Crippen LogP contribution in [0.25, 0.3) is 11.0 Å². The summed E-state index contributed by atoms with van der Waals surface area (Å²) in [5, 5.41) is 12.3. The number of hydrogen-bond acceptors (Lipinski definition) is 4. The molecule has 4 rings (SSSR count). The van der Waals surface area contributed by atoms with Crippen molar-refractivity contribution >= 4 is 22.7 Å². The van der Waals surface area contributed by atoms with E-state index in [0.717, 1.165) is 28.3 Å². The normalized spacial score (nSPS) is 10.8. The summed E-state index contributed by atoms with van der Waals surface area (Å²) in [6, 6.07) is 24.5. The van der Waals surface area contributed by atoms with Gasteiger partial charge in [-0.15, -0.1) is 0 Å². The molecule has 0 aliphatic carbocycles. The highest BCUT2D eigenvalue weighted by Gasteiger charge is 2.11. The molecule has 1 heterocycles. The second-order valence-corrected chi connectivity index (χ2v) is 6.57. The Kier molecular flexibility index (Phi) is 5.42. The highest BCUT2D eigenvalue weighted by molar-refractivity contribution is 5.88. The number of anilines is 1. The van der Waals surface area contributed by atoms with Crippen molar-refractivity contribution in [2.75, 3.05) is 11.9 Å². The Labute approximate surface area is 168 Å². The van der Waals surface area contributed by atoms with Gasteiger partial charge in [-0.1, -0.05) is 30.3 Å². The lowest BCUT2D eigenvalue weighted by molar-refractivity contribution is 0.0697. The summed E-state index contributed by atoms with van der Waals surface area (Å²) in [7, 11) is 0. The van der Waals surface area contributed by atoms with Gasteiger partial charge in [0.25, 0.3) is 0 Å². The molecule has 0 spiro atoms. The largest absolute Gasteiger partial charge is 0.492 e. The van der Waals surface area contributed by atoms with Crippen LogP contribution >= 0.6 is 0 Å². The standard InChI is InChI=1S/C23H21N3O3/c27-23(28)17-10-12-18(13-11-17)24-16-22-25-20-8-4-5-9-21(20)26(22)14-15-29-19-6-2-1-3-7-19/h1-13,24H,14-16H2,(H,27,28). The Morgan fingerprint density at radius 3 is 2.45 bits per heavy atom. The maximum atomic E-state index is 11.0. The Balaban J connectivity index is 1.49. The highest BCUT2D eigenvalue weighted by Crippen LogP contribution is 2.18. The SMILES string of the molecule is O=C(O)c1ccc(NCc2nc3ccccc3n2CCOc2ccccc2)cc1. The van der Waals surface area contributed by atoms with E-state index < -0.39 is 5.97 Å². The minimum atomic E-state index is -0.934. The van der Waals surface area contributed by atoms with Crippen LogP contribution in [-0.4, -0.2) is 27.2 Å². The minimum absolute atomic E-state index is 0.265. The lowest BCUT2D eigenvalue weighted by atomic mass is 10.2. The van der Waals surface area contributed by atoms with Crippen molar-refractivity contribution in [1.29, 1.82) is 0 Å². The molecule has 0 aliphatic rings. The van der Waals surface area contributed by atoms with Gasteiger partial charge >= 0.3 is 5.97 Å². The topological polar surface area (TPSA) is 76.4 Å². The summed E-state index contributed by atoms with van der Waals surface area (Å²) in [5.74, 6) is 0.803. The minimum Gasteiger partial charge on any atom is -0.492 e. The van der Waals surface area contributed by atoms with E-state index in [4.69, 9.17) is 14.8 Å². The molecule has 3 aromatic carbocycles. The third-order valence-corrected chi connectivity index (χ3v) is 4.64. The van der Waals surface area contributed by atoms with Crippen molar-refractivity contribution < 1.29 is 14.6 Å². The Bertz CT molecular complexity index is 1110. The maximum absolute atomic E-state index is 11.0. The summed E-state index contributed by atoms with van der Waals surface area (Å²) in [4.78, 5) is 15.7. The molecule has 0 saturated heterocycles. The second kappa shape index (κ2) is 8.48. The van der Waals surface area contributed by atoms with Gasteiger partial charge in [-0.05, 0) is 48.5 Å². The Morgan fingerprint density at radius 1 is 0.966 bits per heavy atom. The van der Waals surface area contributed by atoms with Crippen molar-refractivity contribution in [2.45, 2.75) is 13.1 Å². The summed E-state index contributed by atoms with van der Waals surface area (Å²) < 4.78 is 8.01. The number of nitrogens with zero attached hydrogens (tertiary/aromatic N) is 2. The quantitative estimate of drug-likeness (QED) is 0.468. The monoisotopic (exact) mass is 387 g/mol. The first-order valence-electron chi connectivity index (χ1n) is 9.40. The Morgan fingerprint density at radius 2 is 1.69 bits per heavy atom. The number of benzene rings is 3. The fraction of sp³-hybridized carbons (Fsp3) is 0.130. The van der Waals surface area contributed by atoms with Crippen molar-refractivity contribution in [2.24, 2.45) is 0 Å². The van der Waals surface area contributed by atoms with Crippen LogP contribution in [0.3, 0.4) is 0 Å². The number of carboxylic acids is 1. The summed E-state index contributed by atoms with van der Waals surface area (Å²) >= 11 is 0. The van der Waals surface area contributed by atoms with Gasteiger partial charge in [0.2, 0.25) is 0 Å². The van der Waals surface area contributed by atoms with Gasteiger partial charge in [-0.25, -0.2) is 9.78 Å². The molecule has 0 saturated carbocycles. The first-order valence-corrected chi connectivity index (χ1v) is 9.40. The van der Waals surface area contributed by atoms with E-state index in [2.05, 4.69) is 16.0 Å². The maximum Gasteiger partial charge on any atom is 0.335 e. The van der Waals surface area contributed by atoms with Crippen molar-refractivity contribution in [3.63, 3.8) is 0 Å². The van der Waals surface area contributed by atoms with E-state index in [9.17, 15) is 4.79 Å². The fourth-order valence-corrected chi connectivity index (χ4v) is 3.19. The first-order chi connectivity index (χ1) is 14.2.